The Bertz CT molecular complexity index is 1430. The maximum absolute atomic E-state index is 13.9. The van der Waals surface area contributed by atoms with Crippen LogP contribution in [-0.4, -0.2) is 20.3 Å². The summed E-state index contributed by atoms with van der Waals surface area (Å²) in [6, 6.07) is 22.9. The number of carbonyl (C=O) groups excluding carboxylic acids is 1. The van der Waals surface area contributed by atoms with E-state index in [-0.39, 0.29) is 28.4 Å². The van der Waals surface area contributed by atoms with Crippen molar-refractivity contribution in [3.63, 3.8) is 0 Å². The van der Waals surface area contributed by atoms with Crippen LogP contribution in [0.4, 0.5) is 5.69 Å². The second-order valence-electron chi connectivity index (χ2n) is 16.1. The quantitative estimate of drug-likeness (QED) is 0.241. The smallest absolute Gasteiger partial charge is 0.225 e. The van der Waals surface area contributed by atoms with E-state index in [1.807, 2.05) is 36.4 Å². The molecule has 1 aliphatic heterocycles. The van der Waals surface area contributed by atoms with E-state index in [1.54, 1.807) is 0 Å². The summed E-state index contributed by atoms with van der Waals surface area (Å²) in [6.07, 6.45) is 9.23. The van der Waals surface area contributed by atoms with E-state index in [4.69, 9.17) is 9.16 Å². The molecule has 0 radical (unpaired) electrons. The molecule has 1 atom stereocenters. The van der Waals surface area contributed by atoms with Crippen molar-refractivity contribution in [3.8, 4) is 11.5 Å². The summed E-state index contributed by atoms with van der Waals surface area (Å²) in [5.41, 5.74) is 5.32. The van der Waals surface area contributed by atoms with Crippen LogP contribution in [0.2, 0.25) is 18.1 Å². The van der Waals surface area contributed by atoms with E-state index < -0.39 is 8.32 Å². The first-order chi connectivity index (χ1) is 21.2. The number of fused-ring (bicyclic) bond motifs is 2. The van der Waals surface area contributed by atoms with Gasteiger partial charge in [-0.15, -0.1) is 0 Å². The first kappa shape index (κ1) is 33.5. The molecule has 5 heteroatoms. The van der Waals surface area contributed by atoms with Crippen LogP contribution in [0.5, 0.6) is 11.5 Å². The zero-order valence-corrected chi connectivity index (χ0v) is 30.0. The zero-order chi connectivity index (χ0) is 32.4. The Morgan fingerprint density at radius 3 is 2.07 bits per heavy atom. The maximum Gasteiger partial charge on any atom is 0.225 e. The van der Waals surface area contributed by atoms with E-state index in [9.17, 15) is 4.79 Å². The van der Waals surface area contributed by atoms with E-state index >= 15 is 0 Å². The molecule has 1 amide bonds. The average molecular weight is 626 g/mol. The van der Waals surface area contributed by atoms with E-state index in [2.05, 4.69) is 90.3 Å². The molecule has 45 heavy (non-hydrogen) atoms. The number of anilines is 1. The number of nitrogens with one attached hydrogen (secondary N) is 1. The van der Waals surface area contributed by atoms with E-state index in [1.165, 1.54) is 37.7 Å². The molecular formula is C40H55NO3Si. The summed E-state index contributed by atoms with van der Waals surface area (Å²) in [5, 5.41) is 3.54. The first-order valence-electron chi connectivity index (χ1n) is 17.2. The molecule has 242 valence electrons. The van der Waals surface area contributed by atoms with Gasteiger partial charge < -0.3 is 14.5 Å². The lowest BCUT2D eigenvalue weighted by Crippen LogP contribution is -2.45. The molecule has 1 saturated carbocycles. The molecule has 0 saturated heterocycles. The van der Waals surface area contributed by atoms with Gasteiger partial charge >= 0.3 is 0 Å². The van der Waals surface area contributed by atoms with Gasteiger partial charge in [0.1, 0.15) is 11.5 Å². The number of hydrogen-bond donors (Lipinski definition) is 1. The van der Waals surface area contributed by atoms with Gasteiger partial charge in [-0.1, -0.05) is 122 Å². The third kappa shape index (κ3) is 8.10. The monoisotopic (exact) mass is 625 g/mol. The SMILES string of the molecule is CC(C)(C)c1ccc(CC(CC2CCCCC2)O[Si](C)(C)C(C)(C)C)cc1NC(=O)CC1c2ccccc2Oc2ccccc21. The molecule has 1 fully saturated rings. The lowest BCUT2D eigenvalue weighted by molar-refractivity contribution is -0.116. The van der Waals surface area contributed by atoms with Crippen molar-refractivity contribution in [3.05, 3.63) is 89.0 Å². The lowest BCUT2D eigenvalue weighted by Gasteiger charge is -2.40. The minimum Gasteiger partial charge on any atom is -0.457 e. The number of carbonyl (C=O) groups is 1. The fourth-order valence-corrected chi connectivity index (χ4v) is 8.28. The number of benzene rings is 3. The minimum absolute atomic E-state index is 0.0189. The van der Waals surface area contributed by atoms with Gasteiger partial charge in [0, 0.05) is 35.3 Å². The van der Waals surface area contributed by atoms with Crippen LogP contribution in [0.25, 0.3) is 0 Å². The molecule has 4 nitrogen and oxygen atoms in total. The van der Waals surface area contributed by atoms with Crippen molar-refractivity contribution in [2.45, 2.75) is 128 Å². The van der Waals surface area contributed by atoms with E-state index in [0.29, 0.717) is 6.42 Å². The Morgan fingerprint density at radius 1 is 0.889 bits per heavy atom. The number of hydrogen-bond acceptors (Lipinski definition) is 3. The van der Waals surface area contributed by atoms with Gasteiger partial charge in [-0.25, -0.2) is 0 Å². The molecule has 1 unspecified atom stereocenters. The molecular weight excluding hydrogens is 571 g/mol. The highest BCUT2D eigenvalue weighted by Crippen LogP contribution is 2.46. The van der Waals surface area contributed by atoms with Crippen LogP contribution >= 0.6 is 0 Å². The summed E-state index contributed by atoms with van der Waals surface area (Å²) < 4.78 is 13.3. The van der Waals surface area contributed by atoms with Crippen LogP contribution in [-0.2, 0) is 21.1 Å². The normalized spacial score (nSPS) is 16.8. The van der Waals surface area contributed by atoms with Crippen molar-refractivity contribution in [2.24, 2.45) is 5.92 Å². The summed E-state index contributed by atoms with van der Waals surface area (Å²) in [4.78, 5) is 13.9. The molecule has 0 aromatic heterocycles. The van der Waals surface area contributed by atoms with Gasteiger partial charge in [-0.2, -0.15) is 0 Å². The number of para-hydroxylation sites is 2. The Hall–Kier alpha value is -2.89. The molecule has 3 aromatic rings. The van der Waals surface area contributed by atoms with Crippen LogP contribution in [0.15, 0.2) is 66.7 Å². The minimum atomic E-state index is -1.95. The summed E-state index contributed by atoms with van der Waals surface area (Å²) in [6.45, 7) is 18.4. The second kappa shape index (κ2) is 13.5. The molecule has 5 rings (SSSR count). The van der Waals surface area contributed by atoms with Crippen molar-refractivity contribution in [2.75, 3.05) is 5.32 Å². The largest absolute Gasteiger partial charge is 0.457 e. The van der Waals surface area contributed by atoms with Gasteiger partial charge in [-0.3, -0.25) is 4.79 Å². The standard InChI is InChI=1S/C40H55NO3Si/c1-39(2,3)34-23-22-29(25-30(24-28-16-10-9-11-17-28)44-45(7,8)40(4,5)6)26-35(34)41-38(42)27-33-31-18-12-14-20-36(31)43-37-21-15-13-19-32(33)37/h12-15,18-23,26,28,30,33H,9-11,16-17,24-25,27H2,1-8H3,(H,41,42). The fraction of sp³-hybridized carbons (Fsp3) is 0.525. The Kier molecular flexibility index (Phi) is 10.0. The predicted molar refractivity (Wildman–Crippen MR) is 190 cm³/mol. The van der Waals surface area contributed by atoms with Crippen molar-refractivity contribution in [1.82, 2.24) is 0 Å². The Morgan fingerprint density at radius 2 is 1.49 bits per heavy atom. The van der Waals surface area contributed by atoms with Gasteiger partial charge in [0.15, 0.2) is 8.32 Å². The molecule has 1 aliphatic carbocycles. The third-order valence-electron chi connectivity index (χ3n) is 10.4. The van der Waals surface area contributed by atoms with Crippen molar-refractivity contribution < 1.29 is 14.0 Å². The maximum atomic E-state index is 13.9. The van der Waals surface area contributed by atoms with Crippen molar-refractivity contribution in [1.29, 1.82) is 0 Å². The van der Waals surface area contributed by atoms with Gasteiger partial charge in [-0.05, 0) is 71.6 Å². The highest BCUT2D eigenvalue weighted by atomic mass is 28.4. The Balaban J connectivity index is 1.40. The lowest BCUT2D eigenvalue weighted by atomic mass is 9.83. The second-order valence-corrected chi connectivity index (χ2v) is 20.8. The zero-order valence-electron chi connectivity index (χ0n) is 29.0. The van der Waals surface area contributed by atoms with Gasteiger partial charge in [0.05, 0.1) is 0 Å². The van der Waals surface area contributed by atoms with Crippen LogP contribution in [0.1, 0.15) is 115 Å². The van der Waals surface area contributed by atoms with Crippen molar-refractivity contribution >= 4 is 19.9 Å². The van der Waals surface area contributed by atoms with E-state index in [0.717, 1.165) is 52.6 Å². The molecule has 1 N–H and O–H groups in total. The topological polar surface area (TPSA) is 47.6 Å². The third-order valence-corrected chi connectivity index (χ3v) is 15.0. The number of rotatable bonds is 9. The van der Waals surface area contributed by atoms with Gasteiger partial charge in [0.25, 0.3) is 0 Å². The predicted octanol–water partition coefficient (Wildman–Crippen LogP) is 11.2. The van der Waals surface area contributed by atoms with Crippen LogP contribution in [0, 0.1) is 5.92 Å². The summed E-state index contributed by atoms with van der Waals surface area (Å²) >= 11 is 0. The molecule has 0 bridgehead atoms. The number of ether oxygens (including phenoxy) is 1. The molecule has 0 spiro atoms. The summed E-state index contributed by atoms with van der Waals surface area (Å²) in [7, 11) is -1.95. The van der Waals surface area contributed by atoms with Crippen LogP contribution < -0.4 is 10.1 Å². The summed E-state index contributed by atoms with van der Waals surface area (Å²) in [5.74, 6) is 2.36. The first-order valence-corrected chi connectivity index (χ1v) is 20.1. The highest BCUT2D eigenvalue weighted by Gasteiger charge is 2.40. The average Bonchev–Trinajstić information content (AvgIpc) is 2.96. The van der Waals surface area contributed by atoms with Crippen LogP contribution in [0.3, 0.4) is 0 Å². The Labute approximate surface area is 273 Å². The molecule has 2 aliphatic rings. The molecule has 3 aromatic carbocycles. The van der Waals surface area contributed by atoms with Gasteiger partial charge in [0.2, 0.25) is 5.91 Å². The molecule has 1 heterocycles. The highest BCUT2D eigenvalue weighted by molar-refractivity contribution is 6.74. The fourth-order valence-electron chi connectivity index (χ4n) is 6.92. The number of amides is 1.